The standard InChI is InChI=1S/C10H10N2O4/c1-11-10(7-3-2-6-15-7)8-4-5-9(16-8)12(13)14/h2-6,10-11H,1H3. The molecule has 1 unspecified atom stereocenters. The van der Waals surface area contributed by atoms with Gasteiger partial charge in [0.1, 0.15) is 22.5 Å². The van der Waals surface area contributed by atoms with Gasteiger partial charge in [0.15, 0.2) is 0 Å². The zero-order chi connectivity index (χ0) is 11.5. The highest BCUT2D eigenvalue weighted by Gasteiger charge is 2.21. The molecule has 0 aromatic carbocycles. The number of hydrogen-bond acceptors (Lipinski definition) is 5. The summed E-state index contributed by atoms with van der Waals surface area (Å²) in [5, 5.41) is 13.4. The van der Waals surface area contributed by atoms with Crippen molar-refractivity contribution in [3.63, 3.8) is 0 Å². The fraction of sp³-hybridized carbons (Fsp3) is 0.200. The number of nitrogens with one attached hydrogen (secondary N) is 1. The van der Waals surface area contributed by atoms with Gasteiger partial charge in [0, 0.05) is 0 Å². The zero-order valence-electron chi connectivity index (χ0n) is 8.54. The highest BCUT2D eigenvalue weighted by molar-refractivity contribution is 5.24. The maximum atomic E-state index is 10.5. The first-order valence-electron chi connectivity index (χ1n) is 4.67. The Morgan fingerprint density at radius 1 is 1.38 bits per heavy atom. The van der Waals surface area contributed by atoms with Crippen LogP contribution in [0.5, 0.6) is 0 Å². The Morgan fingerprint density at radius 2 is 2.19 bits per heavy atom. The van der Waals surface area contributed by atoms with Gasteiger partial charge in [0.2, 0.25) is 0 Å². The van der Waals surface area contributed by atoms with Crippen molar-refractivity contribution in [1.82, 2.24) is 5.32 Å². The lowest BCUT2D eigenvalue weighted by molar-refractivity contribution is -0.402. The molecule has 2 heterocycles. The average molecular weight is 222 g/mol. The molecule has 0 fully saturated rings. The Morgan fingerprint density at radius 3 is 2.69 bits per heavy atom. The zero-order valence-corrected chi connectivity index (χ0v) is 8.54. The van der Waals surface area contributed by atoms with Crippen LogP contribution >= 0.6 is 0 Å². The second-order valence-electron chi connectivity index (χ2n) is 3.17. The SMILES string of the molecule is CNC(c1ccco1)c1ccc([N+](=O)[O-])o1. The van der Waals surface area contributed by atoms with E-state index in [9.17, 15) is 10.1 Å². The van der Waals surface area contributed by atoms with Gasteiger partial charge in [-0.15, -0.1) is 0 Å². The van der Waals surface area contributed by atoms with E-state index in [4.69, 9.17) is 8.83 Å². The lowest BCUT2D eigenvalue weighted by Crippen LogP contribution is -2.16. The molecule has 16 heavy (non-hydrogen) atoms. The molecule has 2 rings (SSSR count). The molecule has 0 spiro atoms. The molecule has 0 saturated carbocycles. The smallest absolute Gasteiger partial charge is 0.433 e. The van der Waals surface area contributed by atoms with Crippen LogP contribution < -0.4 is 5.32 Å². The number of rotatable bonds is 4. The van der Waals surface area contributed by atoms with Crippen LogP contribution in [0.15, 0.2) is 39.4 Å². The van der Waals surface area contributed by atoms with Crippen molar-refractivity contribution in [2.24, 2.45) is 0 Å². The van der Waals surface area contributed by atoms with Crippen molar-refractivity contribution in [1.29, 1.82) is 0 Å². The molecule has 2 aromatic heterocycles. The van der Waals surface area contributed by atoms with Crippen LogP contribution in [-0.2, 0) is 0 Å². The molecule has 2 aromatic rings. The fourth-order valence-corrected chi connectivity index (χ4v) is 1.48. The molecule has 1 N–H and O–H groups in total. The Kier molecular flexibility index (Phi) is 2.74. The molecule has 1 atom stereocenters. The van der Waals surface area contributed by atoms with E-state index in [1.807, 2.05) is 0 Å². The molecule has 0 saturated heterocycles. The molecule has 0 bridgehead atoms. The second-order valence-corrected chi connectivity index (χ2v) is 3.17. The van der Waals surface area contributed by atoms with Crippen LogP contribution in [0.4, 0.5) is 5.88 Å². The summed E-state index contributed by atoms with van der Waals surface area (Å²) in [4.78, 5) is 9.91. The number of nitro groups is 1. The van der Waals surface area contributed by atoms with Crippen molar-refractivity contribution in [3.8, 4) is 0 Å². The number of hydrogen-bond donors (Lipinski definition) is 1. The maximum Gasteiger partial charge on any atom is 0.433 e. The van der Waals surface area contributed by atoms with E-state index < -0.39 is 4.92 Å². The van der Waals surface area contributed by atoms with Gasteiger partial charge in [-0.25, -0.2) is 0 Å². The monoisotopic (exact) mass is 222 g/mol. The molecule has 6 nitrogen and oxygen atoms in total. The summed E-state index contributed by atoms with van der Waals surface area (Å²) in [5.74, 6) is 0.817. The predicted molar refractivity (Wildman–Crippen MR) is 55.0 cm³/mol. The van der Waals surface area contributed by atoms with Crippen molar-refractivity contribution >= 4 is 5.88 Å². The summed E-state index contributed by atoms with van der Waals surface area (Å²) >= 11 is 0. The highest BCUT2D eigenvalue weighted by Crippen LogP contribution is 2.26. The topological polar surface area (TPSA) is 81.5 Å². The van der Waals surface area contributed by atoms with Gasteiger partial charge in [-0.1, -0.05) is 0 Å². The lowest BCUT2D eigenvalue weighted by Gasteiger charge is -2.09. The summed E-state index contributed by atoms with van der Waals surface area (Å²) in [6, 6.07) is 6.08. The molecule has 0 radical (unpaired) electrons. The van der Waals surface area contributed by atoms with Crippen molar-refractivity contribution in [3.05, 3.63) is 52.2 Å². The van der Waals surface area contributed by atoms with Crippen LogP contribution in [-0.4, -0.2) is 12.0 Å². The van der Waals surface area contributed by atoms with Gasteiger partial charge in [-0.05, 0) is 25.2 Å². The molecule has 6 heteroatoms. The van der Waals surface area contributed by atoms with Crippen molar-refractivity contribution in [2.75, 3.05) is 7.05 Å². The van der Waals surface area contributed by atoms with E-state index in [0.29, 0.717) is 11.5 Å². The molecular weight excluding hydrogens is 212 g/mol. The highest BCUT2D eigenvalue weighted by atomic mass is 16.6. The summed E-state index contributed by atoms with van der Waals surface area (Å²) in [7, 11) is 1.72. The van der Waals surface area contributed by atoms with Gasteiger partial charge in [0.25, 0.3) is 0 Å². The first-order valence-corrected chi connectivity index (χ1v) is 4.67. The normalized spacial score (nSPS) is 12.6. The van der Waals surface area contributed by atoms with E-state index in [1.54, 1.807) is 25.2 Å². The predicted octanol–water partition coefficient (Wildman–Crippen LogP) is 2.09. The van der Waals surface area contributed by atoms with Crippen LogP contribution in [0.1, 0.15) is 17.6 Å². The average Bonchev–Trinajstić information content (AvgIpc) is 2.88. The Labute approximate surface area is 91.0 Å². The van der Waals surface area contributed by atoms with Crippen LogP contribution in [0.3, 0.4) is 0 Å². The quantitative estimate of drug-likeness (QED) is 0.632. The lowest BCUT2D eigenvalue weighted by atomic mass is 10.2. The van der Waals surface area contributed by atoms with Gasteiger partial charge < -0.3 is 14.2 Å². The Bertz CT molecular complexity index is 475. The molecule has 0 aliphatic carbocycles. The van der Waals surface area contributed by atoms with E-state index in [2.05, 4.69) is 5.32 Å². The van der Waals surface area contributed by atoms with Crippen molar-refractivity contribution in [2.45, 2.75) is 6.04 Å². The Balaban J connectivity index is 2.30. The number of furan rings is 2. The van der Waals surface area contributed by atoms with Crippen LogP contribution in [0.25, 0.3) is 0 Å². The minimum Gasteiger partial charge on any atom is -0.467 e. The van der Waals surface area contributed by atoms with Gasteiger partial charge in [-0.2, -0.15) is 0 Å². The van der Waals surface area contributed by atoms with Gasteiger partial charge in [0.05, 0.1) is 12.3 Å². The summed E-state index contributed by atoms with van der Waals surface area (Å²) < 4.78 is 10.3. The number of nitrogens with zero attached hydrogens (tertiary/aromatic N) is 1. The molecule has 0 aliphatic rings. The fourth-order valence-electron chi connectivity index (χ4n) is 1.48. The van der Waals surface area contributed by atoms with Gasteiger partial charge in [-0.3, -0.25) is 10.1 Å². The summed E-state index contributed by atoms with van der Waals surface area (Å²) in [6.07, 6.45) is 1.54. The second kappa shape index (κ2) is 4.19. The van der Waals surface area contributed by atoms with E-state index in [1.165, 1.54) is 12.3 Å². The van der Waals surface area contributed by atoms with Crippen molar-refractivity contribution < 1.29 is 13.8 Å². The molecule has 0 aliphatic heterocycles. The largest absolute Gasteiger partial charge is 0.467 e. The molecular formula is C10H10N2O4. The van der Waals surface area contributed by atoms with Crippen LogP contribution in [0, 0.1) is 10.1 Å². The van der Waals surface area contributed by atoms with Gasteiger partial charge >= 0.3 is 5.88 Å². The third kappa shape index (κ3) is 1.82. The molecule has 0 amide bonds. The first-order chi connectivity index (χ1) is 7.72. The minimum atomic E-state index is -0.571. The first kappa shape index (κ1) is 10.4. The van der Waals surface area contributed by atoms with Crippen LogP contribution in [0.2, 0.25) is 0 Å². The summed E-state index contributed by atoms with van der Waals surface area (Å²) in [6.45, 7) is 0. The molecule has 84 valence electrons. The third-order valence-electron chi connectivity index (χ3n) is 2.19. The van der Waals surface area contributed by atoms with E-state index in [0.717, 1.165) is 0 Å². The van der Waals surface area contributed by atoms with E-state index >= 15 is 0 Å². The minimum absolute atomic E-state index is 0.276. The summed E-state index contributed by atoms with van der Waals surface area (Å²) in [5.41, 5.74) is 0. The third-order valence-corrected chi connectivity index (χ3v) is 2.19. The van der Waals surface area contributed by atoms with E-state index in [-0.39, 0.29) is 11.9 Å². The maximum absolute atomic E-state index is 10.5. The Hall–Kier alpha value is -2.08.